The predicted molar refractivity (Wildman–Crippen MR) is 79.2 cm³/mol. The lowest BCUT2D eigenvalue weighted by atomic mass is 9.78. The van der Waals surface area contributed by atoms with Crippen molar-refractivity contribution < 1.29 is 5.11 Å². The molecule has 20 heavy (non-hydrogen) atoms. The van der Waals surface area contributed by atoms with E-state index in [9.17, 15) is 5.11 Å². The first-order valence-electron chi connectivity index (χ1n) is 8.13. The minimum absolute atomic E-state index is 0.0825. The molecule has 0 radical (unpaired) electrons. The van der Waals surface area contributed by atoms with Crippen molar-refractivity contribution in [2.24, 2.45) is 13.0 Å². The minimum atomic E-state index is -0.0825. The van der Waals surface area contributed by atoms with Gasteiger partial charge in [-0.1, -0.05) is 19.3 Å². The van der Waals surface area contributed by atoms with Crippen LogP contribution >= 0.6 is 0 Å². The molecular formula is C16H27N3O. The van der Waals surface area contributed by atoms with Crippen LogP contribution in [0.3, 0.4) is 0 Å². The molecule has 2 fully saturated rings. The van der Waals surface area contributed by atoms with Crippen LogP contribution in [0.15, 0.2) is 12.5 Å². The molecule has 4 heteroatoms. The number of piperidine rings is 1. The smallest absolute Gasteiger partial charge is 0.0945 e. The van der Waals surface area contributed by atoms with E-state index in [0.29, 0.717) is 12.0 Å². The number of nitrogens with zero attached hydrogens (tertiary/aromatic N) is 3. The molecule has 3 rings (SSSR count). The lowest BCUT2D eigenvalue weighted by molar-refractivity contribution is -0.00926. The Kier molecular flexibility index (Phi) is 4.41. The van der Waals surface area contributed by atoms with Crippen molar-refractivity contribution in [1.82, 2.24) is 14.5 Å². The number of aliphatic hydroxyl groups is 1. The van der Waals surface area contributed by atoms with Gasteiger partial charge in [-0.15, -0.1) is 0 Å². The third-order valence-electron chi connectivity index (χ3n) is 5.22. The van der Waals surface area contributed by atoms with E-state index >= 15 is 0 Å². The van der Waals surface area contributed by atoms with Crippen LogP contribution in [-0.4, -0.2) is 38.2 Å². The minimum Gasteiger partial charge on any atom is -0.393 e. The number of hydrogen-bond acceptors (Lipinski definition) is 3. The largest absolute Gasteiger partial charge is 0.393 e. The van der Waals surface area contributed by atoms with Crippen molar-refractivity contribution in [3.8, 4) is 0 Å². The standard InChI is InChI=1S/C16H27N3O/c1-18-12-17-10-13(18)11-19-9-5-4-7-15(19)14-6-2-3-8-16(14)20/h10,12,14-16,20H,2-9,11H2,1H3. The molecule has 112 valence electrons. The maximum Gasteiger partial charge on any atom is 0.0945 e. The predicted octanol–water partition coefficient (Wildman–Crippen LogP) is 2.33. The topological polar surface area (TPSA) is 41.3 Å². The summed E-state index contributed by atoms with van der Waals surface area (Å²) in [6.07, 6.45) is 12.3. The summed E-state index contributed by atoms with van der Waals surface area (Å²) in [6.45, 7) is 2.14. The van der Waals surface area contributed by atoms with Crippen molar-refractivity contribution in [2.75, 3.05) is 6.54 Å². The first-order chi connectivity index (χ1) is 9.75. The average Bonchev–Trinajstić information content (AvgIpc) is 2.86. The first kappa shape index (κ1) is 14.1. The molecule has 3 unspecified atom stereocenters. The quantitative estimate of drug-likeness (QED) is 0.922. The van der Waals surface area contributed by atoms with Crippen LogP contribution in [0.1, 0.15) is 50.6 Å². The van der Waals surface area contributed by atoms with E-state index in [1.165, 1.54) is 50.8 Å². The van der Waals surface area contributed by atoms with Gasteiger partial charge in [-0.2, -0.15) is 0 Å². The Morgan fingerprint density at radius 2 is 2.00 bits per heavy atom. The molecule has 1 aliphatic heterocycles. The summed E-state index contributed by atoms with van der Waals surface area (Å²) in [7, 11) is 2.07. The molecule has 2 aliphatic rings. The van der Waals surface area contributed by atoms with Crippen LogP contribution in [0.25, 0.3) is 0 Å². The fourth-order valence-corrected chi connectivity index (χ4v) is 4.03. The van der Waals surface area contributed by atoms with Gasteiger partial charge in [-0.25, -0.2) is 4.98 Å². The van der Waals surface area contributed by atoms with E-state index < -0.39 is 0 Å². The van der Waals surface area contributed by atoms with E-state index in [4.69, 9.17) is 0 Å². The van der Waals surface area contributed by atoms with Gasteiger partial charge in [0.1, 0.15) is 0 Å². The van der Waals surface area contributed by atoms with Crippen LogP contribution in [0.2, 0.25) is 0 Å². The number of likely N-dealkylation sites (tertiary alicyclic amines) is 1. The zero-order valence-corrected chi connectivity index (χ0v) is 12.5. The summed E-state index contributed by atoms with van der Waals surface area (Å²) in [6, 6.07) is 0.564. The Labute approximate surface area is 121 Å². The molecule has 1 aliphatic carbocycles. The zero-order chi connectivity index (χ0) is 13.9. The summed E-state index contributed by atoms with van der Waals surface area (Å²) in [5.41, 5.74) is 1.28. The number of aromatic nitrogens is 2. The van der Waals surface area contributed by atoms with Gasteiger partial charge in [0.25, 0.3) is 0 Å². The highest BCUT2D eigenvalue weighted by atomic mass is 16.3. The maximum atomic E-state index is 10.4. The van der Waals surface area contributed by atoms with Gasteiger partial charge in [0.05, 0.1) is 18.1 Å². The van der Waals surface area contributed by atoms with E-state index in [1.54, 1.807) is 0 Å². The van der Waals surface area contributed by atoms with Crippen molar-refractivity contribution in [1.29, 1.82) is 0 Å². The highest BCUT2D eigenvalue weighted by Crippen LogP contribution is 2.34. The van der Waals surface area contributed by atoms with Crippen LogP contribution in [0.5, 0.6) is 0 Å². The summed E-state index contributed by atoms with van der Waals surface area (Å²) in [5, 5.41) is 10.4. The van der Waals surface area contributed by atoms with E-state index in [0.717, 1.165) is 13.0 Å². The van der Waals surface area contributed by atoms with Crippen LogP contribution < -0.4 is 0 Å². The Morgan fingerprint density at radius 1 is 1.20 bits per heavy atom. The van der Waals surface area contributed by atoms with Gasteiger partial charge < -0.3 is 9.67 Å². The van der Waals surface area contributed by atoms with Gasteiger partial charge in [-0.3, -0.25) is 4.90 Å². The Morgan fingerprint density at radius 3 is 2.75 bits per heavy atom. The van der Waals surface area contributed by atoms with Gasteiger partial charge in [0, 0.05) is 31.7 Å². The Hall–Kier alpha value is -0.870. The molecule has 1 saturated heterocycles. The SMILES string of the molecule is Cn1cncc1CN1CCCCC1C1CCCCC1O. The molecule has 0 amide bonds. The van der Waals surface area contributed by atoms with Gasteiger partial charge >= 0.3 is 0 Å². The molecule has 4 nitrogen and oxygen atoms in total. The third-order valence-corrected chi connectivity index (χ3v) is 5.22. The normalized spacial score (nSPS) is 32.4. The summed E-state index contributed by atoms with van der Waals surface area (Å²) in [5.74, 6) is 0.484. The molecule has 0 spiro atoms. The second-order valence-corrected chi connectivity index (χ2v) is 6.55. The highest BCUT2D eigenvalue weighted by molar-refractivity contribution is 4.99. The van der Waals surface area contributed by atoms with Gasteiger partial charge in [0.15, 0.2) is 0 Å². The van der Waals surface area contributed by atoms with Crippen molar-refractivity contribution in [2.45, 2.75) is 63.6 Å². The monoisotopic (exact) mass is 277 g/mol. The lowest BCUT2D eigenvalue weighted by Crippen LogP contribution is -2.48. The molecule has 0 bridgehead atoms. The lowest BCUT2D eigenvalue weighted by Gasteiger charge is -2.43. The van der Waals surface area contributed by atoms with Crippen LogP contribution in [0.4, 0.5) is 0 Å². The number of hydrogen-bond donors (Lipinski definition) is 1. The first-order valence-corrected chi connectivity index (χ1v) is 8.13. The molecule has 0 aromatic carbocycles. The number of rotatable bonds is 3. The molecule has 3 atom stereocenters. The Balaban J connectivity index is 1.71. The third kappa shape index (κ3) is 2.91. The summed E-state index contributed by atoms with van der Waals surface area (Å²) >= 11 is 0. The zero-order valence-electron chi connectivity index (χ0n) is 12.5. The van der Waals surface area contributed by atoms with E-state index in [1.807, 2.05) is 12.5 Å². The highest BCUT2D eigenvalue weighted by Gasteiger charge is 2.35. The summed E-state index contributed by atoms with van der Waals surface area (Å²) < 4.78 is 2.11. The van der Waals surface area contributed by atoms with E-state index in [-0.39, 0.29) is 6.10 Å². The molecule has 1 aromatic heterocycles. The Bertz CT molecular complexity index is 431. The molecule has 1 aromatic rings. The van der Waals surface area contributed by atoms with Crippen LogP contribution in [0, 0.1) is 5.92 Å². The number of aliphatic hydroxyl groups excluding tert-OH is 1. The molecule has 1 saturated carbocycles. The number of imidazole rings is 1. The summed E-state index contributed by atoms with van der Waals surface area (Å²) in [4.78, 5) is 6.82. The molecule has 1 N–H and O–H groups in total. The average molecular weight is 277 g/mol. The van der Waals surface area contributed by atoms with Gasteiger partial charge in [-0.05, 0) is 32.2 Å². The second-order valence-electron chi connectivity index (χ2n) is 6.55. The molecule has 2 heterocycles. The second kappa shape index (κ2) is 6.27. The van der Waals surface area contributed by atoms with Crippen molar-refractivity contribution >= 4 is 0 Å². The fraction of sp³-hybridized carbons (Fsp3) is 0.812. The number of aryl methyl sites for hydroxylation is 1. The fourth-order valence-electron chi connectivity index (χ4n) is 4.03. The van der Waals surface area contributed by atoms with E-state index in [2.05, 4.69) is 21.5 Å². The maximum absolute atomic E-state index is 10.4. The van der Waals surface area contributed by atoms with Crippen molar-refractivity contribution in [3.05, 3.63) is 18.2 Å². The van der Waals surface area contributed by atoms with Crippen LogP contribution in [-0.2, 0) is 13.6 Å². The van der Waals surface area contributed by atoms with Gasteiger partial charge in [0.2, 0.25) is 0 Å². The molecular weight excluding hydrogens is 250 g/mol. The van der Waals surface area contributed by atoms with Crippen molar-refractivity contribution in [3.63, 3.8) is 0 Å².